The average molecular weight is 233 g/mol. The van der Waals surface area contributed by atoms with Crippen LogP contribution in [0.25, 0.3) is 0 Å². The zero-order valence-corrected chi connectivity index (χ0v) is 10.8. The molecule has 1 spiro atoms. The Morgan fingerprint density at radius 1 is 1.47 bits per heavy atom. The van der Waals surface area contributed by atoms with Gasteiger partial charge in [0.15, 0.2) is 0 Å². The van der Waals surface area contributed by atoms with Gasteiger partial charge >= 0.3 is 0 Å². The maximum Gasteiger partial charge on any atom is 0.0961 e. The van der Waals surface area contributed by atoms with Gasteiger partial charge in [-0.15, -0.1) is 0 Å². The topological polar surface area (TPSA) is 21.3 Å². The van der Waals surface area contributed by atoms with Gasteiger partial charge < -0.3 is 10.1 Å². The van der Waals surface area contributed by atoms with E-state index in [-0.39, 0.29) is 7.03 Å². The molecular formula is C15H23NO. The Bertz CT molecular complexity index is 435. The Balaban J connectivity index is 0.00000120. The van der Waals surface area contributed by atoms with Gasteiger partial charge in [0.2, 0.25) is 0 Å². The molecule has 17 heavy (non-hydrogen) atoms. The monoisotopic (exact) mass is 233 g/mol. The van der Waals surface area contributed by atoms with E-state index in [2.05, 4.69) is 37.4 Å². The number of fused-ring (bicyclic) bond motifs is 2. The molecule has 0 saturated carbocycles. The van der Waals surface area contributed by atoms with Crippen molar-refractivity contribution >= 4 is 0 Å². The summed E-state index contributed by atoms with van der Waals surface area (Å²) in [6.07, 6.45) is 3.27. The van der Waals surface area contributed by atoms with E-state index < -0.39 is 0 Å². The van der Waals surface area contributed by atoms with E-state index in [1.54, 1.807) is 0 Å². The SMILES string of the molecule is Cc1ccc2c(c1)[C@]1(CCN[C@@H](C)C1)OCC2.[HH]. The van der Waals surface area contributed by atoms with Gasteiger partial charge in [0.05, 0.1) is 12.2 Å². The van der Waals surface area contributed by atoms with Crippen LogP contribution in [-0.4, -0.2) is 19.2 Å². The second kappa shape index (κ2) is 4.11. The van der Waals surface area contributed by atoms with Crippen molar-refractivity contribution in [2.24, 2.45) is 0 Å². The van der Waals surface area contributed by atoms with E-state index in [0.29, 0.717) is 6.04 Å². The zero-order chi connectivity index (χ0) is 11.9. The van der Waals surface area contributed by atoms with E-state index >= 15 is 0 Å². The van der Waals surface area contributed by atoms with Crippen molar-refractivity contribution < 1.29 is 6.16 Å². The molecule has 2 nitrogen and oxygen atoms in total. The molecule has 1 aromatic carbocycles. The van der Waals surface area contributed by atoms with Gasteiger partial charge in [-0.1, -0.05) is 23.8 Å². The Hall–Kier alpha value is -0.860. The molecule has 2 aliphatic heterocycles. The summed E-state index contributed by atoms with van der Waals surface area (Å²) in [6, 6.07) is 7.41. The molecule has 2 heterocycles. The van der Waals surface area contributed by atoms with Crippen molar-refractivity contribution in [2.75, 3.05) is 13.2 Å². The summed E-state index contributed by atoms with van der Waals surface area (Å²) in [5, 5.41) is 3.52. The average Bonchev–Trinajstić information content (AvgIpc) is 2.30. The molecule has 2 atom stereocenters. The quantitative estimate of drug-likeness (QED) is 0.744. The first kappa shape index (κ1) is 11.2. The number of rotatable bonds is 0. The van der Waals surface area contributed by atoms with E-state index in [0.717, 1.165) is 32.4 Å². The Labute approximate surface area is 105 Å². The molecule has 0 radical (unpaired) electrons. The summed E-state index contributed by atoms with van der Waals surface area (Å²) in [4.78, 5) is 0. The molecule has 1 fully saturated rings. The molecule has 2 aliphatic rings. The molecule has 1 saturated heterocycles. The van der Waals surface area contributed by atoms with Crippen LogP contribution in [0.3, 0.4) is 0 Å². The molecule has 0 bridgehead atoms. The summed E-state index contributed by atoms with van der Waals surface area (Å²) < 4.78 is 6.22. The molecule has 1 N–H and O–H groups in total. The highest BCUT2D eigenvalue weighted by Crippen LogP contribution is 2.41. The Morgan fingerprint density at radius 3 is 3.18 bits per heavy atom. The smallest absolute Gasteiger partial charge is 0.0961 e. The molecule has 0 aliphatic carbocycles. The maximum atomic E-state index is 6.22. The molecule has 94 valence electrons. The summed E-state index contributed by atoms with van der Waals surface area (Å²) >= 11 is 0. The number of benzene rings is 1. The first-order valence-corrected chi connectivity index (χ1v) is 6.67. The summed E-state index contributed by atoms with van der Waals surface area (Å²) in [6.45, 7) is 6.37. The number of hydrogen-bond acceptors (Lipinski definition) is 2. The Morgan fingerprint density at radius 2 is 2.35 bits per heavy atom. The van der Waals surface area contributed by atoms with E-state index in [9.17, 15) is 0 Å². The van der Waals surface area contributed by atoms with Crippen molar-refractivity contribution in [3.63, 3.8) is 0 Å². The van der Waals surface area contributed by atoms with Gasteiger partial charge in [0, 0.05) is 7.47 Å². The van der Waals surface area contributed by atoms with Gasteiger partial charge in [-0.2, -0.15) is 0 Å². The first-order chi connectivity index (χ1) is 8.20. The normalized spacial score (nSPS) is 32.5. The zero-order valence-electron chi connectivity index (χ0n) is 10.8. The third-order valence-electron chi connectivity index (χ3n) is 4.16. The summed E-state index contributed by atoms with van der Waals surface area (Å²) in [5.74, 6) is 0. The van der Waals surface area contributed by atoms with E-state index in [1.807, 2.05) is 0 Å². The second-order valence-corrected chi connectivity index (χ2v) is 5.56. The third kappa shape index (κ3) is 1.90. The minimum Gasteiger partial charge on any atom is -0.370 e. The molecule has 0 amide bonds. The first-order valence-electron chi connectivity index (χ1n) is 6.67. The predicted molar refractivity (Wildman–Crippen MR) is 71.3 cm³/mol. The number of piperidine rings is 1. The highest BCUT2D eigenvalue weighted by molar-refractivity contribution is 5.38. The second-order valence-electron chi connectivity index (χ2n) is 5.56. The molecule has 1 aromatic rings. The highest BCUT2D eigenvalue weighted by Gasteiger charge is 2.40. The van der Waals surface area contributed by atoms with Crippen LogP contribution >= 0.6 is 0 Å². The predicted octanol–water partition coefficient (Wildman–Crippen LogP) is 2.78. The fraction of sp³-hybridized carbons (Fsp3) is 0.600. The lowest BCUT2D eigenvalue weighted by atomic mass is 9.77. The Kier molecular flexibility index (Phi) is 2.72. The highest BCUT2D eigenvalue weighted by atomic mass is 16.5. The summed E-state index contributed by atoms with van der Waals surface area (Å²) in [7, 11) is 0. The van der Waals surface area contributed by atoms with Crippen LogP contribution in [0.15, 0.2) is 18.2 Å². The molecule has 3 rings (SSSR count). The lowest BCUT2D eigenvalue weighted by Gasteiger charge is -2.44. The van der Waals surface area contributed by atoms with Crippen LogP contribution in [0.2, 0.25) is 0 Å². The van der Waals surface area contributed by atoms with E-state index in [4.69, 9.17) is 4.74 Å². The maximum absolute atomic E-state index is 6.22. The van der Waals surface area contributed by atoms with Crippen LogP contribution in [0.4, 0.5) is 0 Å². The van der Waals surface area contributed by atoms with Crippen LogP contribution in [0.5, 0.6) is 0 Å². The third-order valence-corrected chi connectivity index (χ3v) is 4.16. The van der Waals surface area contributed by atoms with Crippen molar-refractivity contribution in [2.45, 2.75) is 44.8 Å². The van der Waals surface area contributed by atoms with Crippen molar-refractivity contribution in [3.8, 4) is 0 Å². The van der Waals surface area contributed by atoms with Crippen molar-refractivity contribution in [3.05, 3.63) is 34.9 Å². The van der Waals surface area contributed by atoms with Gasteiger partial charge in [0.25, 0.3) is 0 Å². The minimum atomic E-state index is -0.00965. The van der Waals surface area contributed by atoms with Crippen molar-refractivity contribution in [1.82, 2.24) is 5.32 Å². The molecule has 0 aromatic heterocycles. The number of nitrogens with one attached hydrogen (secondary N) is 1. The molecule has 0 unspecified atom stereocenters. The van der Waals surface area contributed by atoms with Crippen LogP contribution < -0.4 is 5.32 Å². The standard InChI is InChI=1S/C15H21NO.H2/c1-11-3-4-13-5-8-17-15(14(13)9-11)6-7-16-12(2)10-15;/h3-4,9,12,16H,5-8,10H2,1-2H3;1H/t12-,15+;/m0./s1. The summed E-state index contributed by atoms with van der Waals surface area (Å²) in [5.41, 5.74) is 4.29. The van der Waals surface area contributed by atoms with Gasteiger partial charge in [0.1, 0.15) is 0 Å². The number of ether oxygens (including phenoxy) is 1. The van der Waals surface area contributed by atoms with Crippen LogP contribution in [-0.2, 0) is 16.8 Å². The van der Waals surface area contributed by atoms with Crippen LogP contribution in [0, 0.1) is 6.92 Å². The lowest BCUT2D eigenvalue weighted by Crippen LogP contribution is -2.48. The van der Waals surface area contributed by atoms with E-state index in [1.165, 1.54) is 16.7 Å². The largest absolute Gasteiger partial charge is 0.370 e. The van der Waals surface area contributed by atoms with Gasteiger partial charge in [-0.3, -0.25) is 0 Å². The number of aryl methyl sites for hydroxylation is 1. The van der Waals surface area contributed by atoms with Gasteiger partial charge in [-0.25, -0.2) is 0 Å². The fourth-order valence-corrected chi connectivity index (χ4v) is 3.33. The minimum absolute atomic E-state index is 0. The number of hydrogen-bond donors (Lipinski definition) is 1. The lowest BCUT2D eigenvalue weighted by molar-refractivity contribution is -0.0879. The molecular weight excluding hydrogens is 210 g/mol. The fourth-order valence-electron chi connectivity index (χ4n) is 3.33. The van der Waals surface area contributed by atoms with Crippen molar-refractivity contribution in [1.29, 1.82) is 0 Å². The molecule has 2 heteroatoms. The van der Waals surface area contributed by atoms with Crippen LogP contribution in [0.1, 0.15) is 37.9 Å². The van der Waals surface area contributed by atoms with Gasteiger partial charge in [-0.05, 0) is 50.8 Å².